The molecule has 1 aliphatic carbocycles. The molecule has 2 fully saturated rings. The van der Waals surface area contributed by atoms with Gasteiger partial charge in [0.25, 0.3) is 11.1 Å². The fourth-order valence-corrected chi connectivity index (χ4v) is 2.59. The first-order valence-electron chi connectivity index (χ1n) is 5.66. The number of allylic oxidation sites excluding steroid dienone is 1. The normalized spacial score (nSPS) is 23.6. The minimum absolute atomic E-state index is 0.170. The molecule has 2 amide bonds. The maximum atomic E-state index is 11.8. The average Bonchev–Trinajstić information content (AvgIpc) is 3.03. The number of carbonyl (C=O) groups excluding carboxylic acids is 2. The van der Waals surface area contributed by atoms with E-state index in [1.54, 1.807) is 0 Å². The van der Waals surface area contributed by atoms with Crippen LogP contribution in [-0.4, -0.2) is 29.1 Å². The molecule has 1 saturated carbocycles. The predicted octanol–water partition coefficient (Wildman–Crippen LogP) is 1.71. The van der Waals surface area contributed by atoms with Crippen LogP contribution in [0.1, 0.15) is 25.7 Å². The lowest BCUT2D eigenvalue weighted by Gasteiger charge is -2.09. The summed E-state index contributed by atoms with van der Waals surface area (Å²) in [6, 6.07) is 0. The highest BCUT2D eigenvalue weighted by Gasteiger charge is 2.34. The van der Waals surface area contributed by atoms with Crippen LogP contribution in [0, 0.1) is 5.92 Å². The number of thioether (sulfide) groups is 1. The zero-order chi connectivity index (χ0) is 11.5. The largest absolute Gasteiger partial charge is 0.329 e. The van der Waals surface area contributed by atoms with Crippen molar-refractivity contribution in [1.82, 2.24) is 4.90 Å². The second-order valence-electron chi connectivity index (χ2n) is 4.20. The molecular weight excluding hydrogens is 224 g/mol. The quantitative estimate of drug-likeness (QED) is 0.743. The van der Waals surface area contributed by atoms with Crippen LogP contribution >= 0.6 is 11.8 Å². The highest BCUT2D eigenvalue weighted by atomic mass is 32.2. The standard InChI is InChI=1S/C11H16N2O2S/c12-6-7-13-10(14)9(16-11(13)15)3-1-2-8-4-5-8/h3,8H,1-2,4-7,12H2/b9-3+. The second kappa shape index (κ2) is 5.01. The molecule has 88 valence electrons. The summed E-state index contributed by atoms with van der Waals surface area (Å²) in [5.74, 6) is 0.686. The molecule has 1 aliphatic heterocycles. The Bertz CT molecular complexity index is 337. The van der Waals surface area contributed by atoms with Gasteiger partial charge in [0.2, 0.25) is 0 Å². The van der Waals surface area contributed by atoms with E-state index in [-0.39, 0.29) is 11.1 Å². The SMILES string of the molecule is NCCN1C(=O)S/C(=C/CCC2CC2)C1=O. The van der Waals surface area contributed by atoms with E-state index >= 15 is 0 Å². The van der Waals surface area contributed by atoms with Gasteiger partial charge in [-0.1, -0.05) is 18.9 Å². The summed E-state index contributed by atoms with van der Waals surface area (Å²) in [7, 11) is 0. The van der Waals surface area contributed by atoms with Crippen LogP contribution in [0.15, 0.2) is 11.0 Å². The molecule has 2 aliphatic rings. The summed E-state index contributed by atoms with van der Waals surface area (Å²) in [6.07, 6.45) is 6.59. The smallest absolute Gasteiger partial charge is 0.293 e. The lowest BCUT2D eigenvalue weighted by atomic mass is 10.2. The third kappa shape index (κ3) is 2.65. The van der Waals surface area contributed by atoms with Crippen molar-refractivity contribution < 1.29 is 9.59 Å². The van der Waals surface area contributed by atoms with Crippen LogP contribution < -0.4 is 5.73 Å². The first-order chi connectivity index (χ1) is 7.72. The van der Waals surface area contributed by atoms with Gasteiger partial charge in [0.05, 0.1) is 4.91 Å². The maximum absolute atomic E-state index is 11.8. The van der Waals surface area contributed by atoms with Gasteiger partial charge in [-0.15, -0.1) is 0 Å². The van der Waals surface area contributed by atoms with Crippen molar-refractivity contribution in [1.29, 1.82) is 0 Å². The molecule has 1 heterocycles. The van der Waals surface area contributed by atoms with E-state index in [0.717, 1.165) is 30.5 Å². The van der Waals surface area contributed by atoms with Gasteiger partial charge < -0.3 is 5.73 Å². The molecule has 16 heavy (non-hydrogen) atoms. The number of rotatable bonds is 5. The van der Waals surface area contributed by atoms with Crippen LogP contribution in [0.5, 0.6) is 0 Å². The number of amides is 2. The molecule has 0 aromatic carbocycles. The van der Waals surface area contributed by atoms with E-state index in [2.05, 4.69) is 0 Å². The monoisotopic (exact) mass is 240 g/mol. The average molecular weight is 240 g/mol. The third-order valence-electron chi connectivity index (χ3n) is 2.83. The molecule has 0 radical (unpaired) electrons. The van der Waals surface area contributed by atoms with Crippen molar-refractivity contribution >= 4 is 22.9 Å². The Morgan fingerprint density at radius 1 is 1.44 bits per heavy atom. The summed E-state index contributed by atoms with van der Waals surface area (Å²) in [5.41, 5.74) is 5.35. The summed E-state index contributed by atoms with van der Waals surface area (Å²) < 4.78 is 0. The van der Waals surface area contributed by atoms with E-state index in [1.165, 1.54) is 17.7 Å². The first kappa shape index (κ1) is 11.7. The molecule has 2 N–H and O–H groups in total. The molecule has 0 aromatic heterocycles. The molecule has 0 spiro atoms. The van der Waals surface area contributed by atoms with Crippen LogP contribution in [0.2, 0.25) is 0 Å². The number of hydrogen-bond acceptors (Lipinski definition) is 4. The maximum Gasteiger partial charge on any atom is 0.293 e. The van der Waals surface area contributed by atoms with Gasteiger partial charge in [0.15, 0.2) is 0 Å². The zero-order valence-corrected chi connectivity index (χ0v) is 9.96. The number of hydrogen-bond donors (Lipinski definition) is 1. The molecule has 0 bridgehead atoms. The Kier molecular flexibility index (Phi) is 3.66. The van der Waals surface area contributed by atoms with Crippen LogP contribution in [0.3, 0.4) is 0 Å². The van der Waals surface area contributed by atoms with Crippen LogP contribution in [0.4, 0.5) is 4.79 Å². The van der Waals surface area contributed by atoms with E-state index in [0.29, 0.717) is 18.0 Å². The Balaban J connectivity index is 1.90. The fraction of sp³-hybridized carbons (Fsp3) is 0.636. The Morgan fingerprint density at radius 2 is 2.19 bits per heavy atom. The van der Waals surface area contributed by atoms with E-state index < -0.39 is 0 Å². The first-order valence-corrected chi connectivity index (χ1v) is 6.48. The lowest BCUT2D eigenvalue weighted by molar-refractivity contribution is -0.122. The minimum Gasteiger partial charge on any atom is -0.329 e. The number of carbonyl (C=O) groups is 2. The second-order valence-corrected chi connectivity index (χ2v) is 5.20. The fourth-order valence-electron chi connectivity index (χ4n) is 1.72. The molecule has 5 heteroatoms. The molecule has 0 atom stereocenters. The van der Waals surface area contributed by atoms with E-state index in [9.17, 15) is 9.59 Å². The molecule has 0 unspecified atom stereocenters. The highest BCUT2D eigenvalue weighted by molar-refractivity contribution is 8.18. The third-order valence-corrected chi connectivity index (χ3v) is 3.78. The summed E-state index contributed by atoms with van der Waals surface area (Å²) in [5, 5.41) is -0.187. The van der Waals surface area contributed by atoms with Crippen molar-refractivity contribution in [3.63, 3.8) is 0 Å². The Morgan fingerprint density at radius 3 is 2.81 bits per heavy atom. The van der Waals surface area contributed by atoms with Crippen molar-refractivity contribution in [2.75, 3.05) is 13.1 Å². The van der Waals surface area contributed by atoms with Gasteiger partial charge >= 0.3 is 0 Å². The Hall–Kier alpha value is -0.810. The van der Waals surface area contributed by atoms with Gasteiger partial charge in [-0.25, -0.2) is 0 Å². The van der Waals surface area contributed by atoms with Crippen molar-refractivity contribution in [3.05, 3.63) is 11.0 Å². The summed E-state index contributed by atoms with van der Waals surface area (Å²) >= 11 is 1.04. The topological polar surface area (TPSA) is 63.4 Å². The molecule has 0 aromatic rings. The number of nitrogens with two attached hydrogens (primary N) is 1. The molecular formula is C11H16N2O2S. The predicted molar refractivity (Wildman–Crippen MR) is 63.8 cm³/mol. The molecule has 1 saturated heterocycles. The highest BCUT2D eigenvalue weighted by Crippen LogP contribution is 2.35. The van der Waals surface area contributed by atoms with Gasteiger partial charge in [0.1, 0.15) is 0 Å². The summed E-state index contributed by atoms with van der Waals surface area (Å²) in [6.45, 7) is 0.651. The van der Waals surface area contributed by atoms with E-state index in [1.807, 2.05) is 6.08 Å². The molecule has 2 rings (SSSR count). The van der Waals surface area contributed by atoms with Crippen molar-refractivity contribution in [2.24, 2.45) is 11.7 Å². The van der Waals surface area contributed by atoms with Gasteiger partial charge in [-0.3, -0.25) is 14.5 Å². The summed E-state index contributed by atoms with van der Waals surface area (Å²) in [4.78, 5) is 25.0. The van der Waals surface area contributed by atoms with Gasteiger partial charge in [0, 0.05) is 13.1 Å². The lowest BCUT2D eigenvalue weighted by Crippen LogP contribution is -2.33. The number of imide groups is 1. The number of nitrogens with zero attached hydrogens (tertiary/aromatic N) is 1. The van der Waals surface area contributed by atoms with Crippen LogP contribution in [-0.2, 0) is 4.79 Å². The van der Waals surface area contributed by atoms with Crippen molar-refractivity contribution in [2.45, 2.75) is 25.7 Å². The van der Waals surface area contributed by atoms with Gasteiger partial charge in [-0.2, -0.15) is 0 Å². The van der Waals surface area contributed by atoms with E-state index in [4.69, 9.17) is 5.73 Å². The minimum atomic E-state index is -0.187. The van der Waals surface area contributed by atoms with Crippen LogP contribution in [0.25, 0.3) is 0 Å². The van der Waals surface area contributed by atoms with Crippen molar-refractivity contribution in [3.8, 4) is 0 Å². The van der Waals surface area contributed by atoms with Gasteiger partial charge in [-0.05, 0) is 30.5 Å². The molecule has 4 nitrogen and oxygen atoms in total. The zero-order valence-electron chi connectivity index (χ0n) is 9.15. The Labute approximate surface area is 99.2 Å².